The second kappa shape index (κ2) is 8.52. The first-order valence-corrected chi connectivity index (χ1v) is 10.5. The molecule has 4 aromatic rings. The molecule has 0 aliphatic heterocycles. The first-order valence-electron chi connectivity index (χ1n) is 9.58. The van der Waals surface area contributed by atoms with Crippen LogP contribution in [0.3, 0.4) is 0 Å². The van der Waals surface area contributed by atoms with Crippen molar-refractivity contribution < 1.29 is 9.32 Å². The SMILES string of the molecule is Cc1cc2ncc(C(=O)NCCCCCc3nc(-c4cccs4)no3)c(C)n2n1. The van der Waals surface area contributed by atoms with Crippen LogP contribution < -0.4 is 5.32 Å². The summed E-state index contributed by atoms with van der Waals surface area (Å²) in [6.07, 6.45) is 5.13. The molecule has 4 aromatic heterocycles. The molecule has 4 rings (SSSR count). The third-order valence-electron chi connectivity index (χ3n) is 4.65. The van der Waals surface area contributed by atoms with Crippen molar-refractivity contribution in [3.63, 3.8) is 0 Å². The Morgan fingerprint density at radius 2 is 2.17 bits per heavy atom. The molecule has 1 N–H and O–H groups in total. The first kappa shape index (κ1) is 19.3. The van der Waals surface area contributed by atoms with E-state index in [2.05, 4.69) is 25.5 Å². The van der Waals surface area contributed by atoms with E-state index in [1.54, 1.807) is 22.0 Å². The highest BCUT2D eigenvalue weighted by Crippen LogP contribution is 2.21. The zero-order valence-electron chi connectivity index (χ0n) is 16.4. The van der Waals surface area contributed by atoms with Crippen molar-refractivity contribution in [1.29, 1.82) is 0 Å². The van der Waals surface area contributed by atoms with Gasteiger partial charge in [0.1, 0.15) is 0 Å². The lowest BCUT2D eigenvalue weighted by atomic mass is 10.2. The number of thiophene rings is 1. The first-order chi connectivity index (χ1) is 14.1. The molecular weight excluding hydrogens is 388 g/mol. The standard InChI is InChI=1S/C20H22N6O2S/c1-13-11-17-22-12-15(14(2)26(17)24-13)20(27)21-9-5-3-4-8-18-23-19(25-28-18)16-7-6-10-29-16/h6-7,10-12H,3-5,8-9H2,1-2H3,(H,21,27). The average Bonchev–Trinajstić information content (AvgIpc) is 3.44. The van der Waals surface area contributed by atoms with Crippen molar-refractivity contribution in [1.82, 2.24) is 30.1 Å². The molecule has 0 aliphatic carbocycles. The highest BCUT2D eigenvalue weighted by atomic mass is 32.1. The predicted octanol–water partition coefficient (Wildman–Crippen LogP) is 3.60. The highest BCUT2D eigenvalue weighted by molar-refractivity contribution is 7.13. The number of unbranched alkanes of at least 4 members (excludes halogenated alkanes) is 2. The van der Waals surface area contributed by atoms with Crippen LogP contribution in [0.15, 0.2) is 34.3 Å². The van der Waals surface area contributed by atoms with Gasteiger partial charge in [-0.25, -0.2) is 9.50 Å². The Morgan fingerprint density at radius 1 is 1.28 bits per heavy atom. The van der Waals surface area contributed by atoms with Gasteiger partial charge in [-0.2, -0.15) is 10.1 Å². The molecule has 29 heavy (non-hydrogen) atoms. The Labute approximate surface area is 172 Å². The molecule has 0 aliphatic rings. The molecule has 0 aromatic carbocycles. The maximum absolute atomic E-state index is 12.5. The Hall–Kier alpha value is -3.07. The van der Waals surface area contributed by atoms with Gasteiger partial charge in [-0.1, -0.05) is 17.6 Å². The minimum Gasteiger partial charge on any atom is -0.352 e. The van der Waals surface area contributed by atoms with E-state index in [0.717, 1.165) is 47.6 Å². The molecule has 9 heteroatoms. The number of nitrogens with one attached hydrogen (secondary N) is 1. The summed E-state index contributed by atoms with van der Waals surface area (Å²) in [6, 6.07) is 5.84. The summed E-state index contributed by atoms with van der Waals surface area (Å²) in [5, 5.41) is 13.3. The number of aryl methyl sites for hydroxylation is 3. The van der Waals surface area contributed by atoms with E-state index in [-0.39, 0.29) is 5.91 Å². The van der Waals surface area contributed by atoms with Gasteiger partial charge in [0, 0.05) is 25.2 Å². The summed E-state index contributed by atoms with van der Waals surface area (Å²) >= 11 is 1.59. The summed E-state index contributed by atoms with van der Waals surface area (Å²) < 4.78 is 7.01. The molecule has 1 amide bonds. The molecule has 0 unspecified atom stereocenters. The van der Waals surface area contributed by atoms with Crippen LogP contribution >= 0.6 is 11.3 Å². The molecule has 4 heterocycles. The number of carbonyl (C=O) groups is 1. The summed E-state index contributed by atoms with van der Waals surface area (Å²) in [5.41, 5.74) is 2.97. The third kappa shape index (κ3) is 4.34. The van der Waals surface area contributed by atoms with E-state index >= 15 is 0 Å². The van der Waals surface area contributed by atoms with Crippen molar-refractivity contribution >= 4 is 22.9 Å². The van der Waals surface area contributed by atoms with Gasteiger partial charge in [0.15, 0.2) is 5.65 Å². The van der Waals surface area contributed by atoms with Gasteiger partial charge in [0.05, 0.1) is 21.8 Å². The molecule has 150 valence electrons. The Morgan fingerprint density at radius 3 is 3.00 bits per heavy atom. The Kier molecular flexibility index (Phi) is 5.66. The van der Waals surface area contributed by atoms with Crippen LogP contribution in [0, 0.1) is 13.8 Å². The number of hydrogen-bond donors (Lipinski definition) is 1. The van der Waals surface area contributed by atoms with Crippen LogP contribution in [-0.2, 0) is 6.42 Å². The third-order valence-corrected chi connectivity index (χ3v) is 5.52. The highest BCUT2D eigenvalue weighted by Gasteiger charge is 2.13. The van der Waals surface area contributed by atoms with Crippen LogP contribution in [0.2, 0.25) is 0 Å². The van der Waals surface area contributed by atoms with E-state index < -0.39 is 0 Å². The van der Waals surface area contributed by atoms with Crippen LogP contribution in [0.4, 0.5) is 0 Å². The fourth-order valence-electron chi connectivity index (χ4n) is 3.12. The fraction of sp³-hybridized carbons (Fsp3) is 0.350. The molecule has 0 atom stereocenters. The normalized spacial score (nSPS) is 11.2. The maximum Gasteiger partial charge on any atom is 0.254 e. The van der Waals surface area contributed by atoms with Gasteiger partial charge in [-0.15, -0.1) is 11.3 Å². The number of amides is 1. The van der Waals surface area contributed by atoms with Crippen molar-refractivity contribution in [2.45, 2.75) is 39.5 Å². The van der Waals surface area contributed by atoms with Crippen molar-refractivity contribution in [2.75, 3.05) is 6.54 Å². The molecule has 0 saturated carbocycles. The monoisotopic (exact) mass is 410 g/mol. The van der Waals surface area contributed by atoms with Crippen LogP contribution in [-0.4, -0.2) is 37.2 Å². The lowest BCUT2D eigenvalue weighted by Crippen LogP contribution is -2.26. The quantitative estimate of drug-likeness (QED) is 0.446. The zero-order chi connectivity index (χ0) is 20.2. The molecule has 8 nitrogen and oxygen atoms in total. The summed E-state index contributed by atoms with van der Waals surface area (Å²) in [5.74, 6) is 1.18. The van der Waals surface area contributed by atoms with Gasteiger partial charge in [-0.05, 0) is 38.1 Å². The van der Waals surface area contributed by atoms with Gasteiger partial charge < -0.3 is 9.84 Å². The van der Waals surface area contributed by atoms with Crippen molar-refractivity contribution in [3.05, 3.63) is 52.6 Å². The zero-order valence-corrected chi connectivity index (χ0v) is 17.2. The summed E-state index contributed by atoms with van der Waals surface area (Å²) in [6.45, 7) is 4.40. The number of fused-ring (bicyclic) bond motifs is 1. The maximum atomic E-state index is 12.5. The molecule has 0 spiro atoms. The van der Waals surface area contributed by atoms with E-state index in [1.807, 2.05) is 37.4 Å². The number of rotatable bonds is 8. The fourth-order valence-corrected chi connectivity index (χ4v) is 3.77. The van der Waals surface area contributed by atoms with E-state index in [1.165, 1.54) is 0 Å². The molecule has 0 fully saturated rings. The van der Waals surface area contributed by atoms with Crippen molar-refractivity contribution in [3.8, 4) is 10.7 Å². The lowest BCUT2D eigenvalue weighted by Gasteiger charge is -2.08. The molecule has 0 radical (unpaired) electrons. The summed E-state index contributed by atoms with van der Waals surface area (Å²) in [4.78, 5) is 22.2. The Balaban J connectivity index is 1.21. The lowest BCUT2D eigenvalue weighted by molar-refractivity contribution is 0.0951. The summed E-state index contributed by atoms with van der Waals surface area (Å²) in [7, 11) is 0. The minimum atomic E-state index is -0.123. The second-order valence-corrected chi connectivity index (χ2v) is 7.82. The van der Waals surface area contributed by atoms with Crippen molar-refractivity contribution in [2.24, 2.45) is 0 Å². The number of aromatic nitrogens is 5. The average molecular weight is 411 g/mol. The van der Waals surface area contributed by atoms with Gasteiger partial charge >= 0.3 is 0 Å². The number of hydrogen-bond acceptors (Lipinski definition) is 7. The van der Waals surface area contributed by atoms with Crippen LogP contribution in [0.5, 0.6) is 0 Å². The number of nitrogens with zero attached hydrogens (tertiary/aromatic N) is 5. The van der Waals surface area contributed by atoms with E-state index in [9.17, 15) is 4.79 Å². The molecule has 0 saturated heterocycles. The predicted molar refractivity (Wildman–Crippen MR) is 110 cm³/mol. The smallest absolute Gasteiger partial charge is 0.254 e. The number of carbonyl (C=O) groups excluding carboxylic acids is 1. The van der Waals surface area contributed by atoms with E-state index in [0.29, 0.717) is 23.8 Å². The van der Waals surface area contributed by atoms with Crippen LogP contribution in [0.25, 0.3) is 16.3 Å². The second-order valence-electron chi connectivity index (χ2n) is 6.87. The van der Waals surface area contributed by atoms with Gasteiger partial charge in [0.2, 0.25) is 11.7 Å². The van der Waals surface area contributed by atoms with Gasteiger partial charge in [0.25, 0.3) is 5.91 Å². The topological polar surface area (TPSA) is 98.2 Å². The van der Waals surface area contributed by atoms with E-state index in [4.69, 9.17) is 4.52 Å². The Bertz CT molecular complexity index is 1120. The molecular formula is C20H22N6O2S. The van der Waals surface area contributed by atoms with Crippen LogP contribution in [0.1, 0.15) is 46.9 Å². The molecule has 0 bridgehead atoms. The largest absolute Gasteiger partial charge is 0.352 e. The minimum absolute atomic E-state index is 0.123. The van der Waals surface area contributed by atoms with Gasteiger partial charge in [-0.3, -0.25) is 4.79 Å².